The van der Waals surface area contributed by atoms with Crippen molar-refractivity contribution in [2.45, 2.75) is 32.4 Å². The molecule has 128 valence electrons. The molecule has 25 heavy (non-hydrogen) atoms. The van der Waals surface area contributed by atoms with Crippen molar-refractivity contribution in [2.75, 3.05) is 5.32 Å². The van der Waals surface area contributed by atoms with Crippen molar-refractivity contribution in [2.24, 2.45) is 0 Å². The van der Waals surface area contributed by atoms with E-state index in [1.807, 2.05) is 35.9 Å². The van der Waals surface area contributed by atoms with Crippen LogP contribution in [0.25, 0.3) is 0 Å². The van der Waals surface area contributed by atoms with Gasteiger partial charge in [0.1, 0.15) is 18.0 Å². The molecular weight excluding hydrogens is 340 g/mol. The van der Waals surface area contributed by atoms with Crippen LogP contribution < -0.4 is 5.32 Å². The Labute approximate surface area is 149 Å². The standard InChI is InChI=1S/C17H17ClN6O/c1-2-23-16(19-10-21-23)12-7-15(25)22-17-13(12)8-20-24(17)9-11-5-3-4-6-14(11)18/h3-6,8,10,12H,2,7,9H2,1H3,(H,22,25). The second kappa shape index (κ2) is 6.33. The van der Waals surface area contributed by atoms with Crippen LogP contribution >= 0.6 is 11.6 Å². The van der Waals surface area contributed by atoms with Gasteiger partial charge in [-0.1, -0.05) is 29.8 Å². The van der Waals surface area contributed by atoms with Crippen LogP contribution in [0.2, 0.25) is 5.02 Å². The summed E-state index contributed by atoms with van der Waals surface area (Å²) in [6.45, 7) is 3.20. The molecular formula is C17H17ClN6O. The van der Waals surface area contributed by atoms with Crippen molar-refractivity contribution in [1.29, 1.82) is 0 Å². The summed E-state index contributed by atoms with van der Waals surface area (Å²) < 4.78 is 3.59. The summed E-state index contributed by atoms with van der Waals surface area (Å²) >= 11 is 6.25. The SMILES string of the molecule is CCn1ncnc1C1CC(=O)Nc2c1cnn2Cc1ccccc1Cl. The normalized spacial score (nSPS) is 16.6. The number of amides is 1. The molecule has 8 heteroatoms. The van der Waals surface area contributed by atoms with Gasteiger partial charge in [0.25, 0.3) is 0 Å². The largest absolute Gasteiger partial charge is 0.311 e. The van der Waals surface area contributed by atoms with E-state index in [9.17, 15) is 4.79 Å². The highest BCUT2D eigenvalue weighted by Crippen LogP contribution is 2.36. The van der Waals surface area contributed by atoms with Crippen molar-refractivity contribution < 1.29 is 4.79 Å². The van der Waals surface area contributed by atoms with Gasteiger partial charge in [0.2, 0.25) is 5.91 Å². The number of carbonyl (C=O) groups excluding carboxylic acids is 1. The summed E-state index contributed by atoms with van der Waals surface area (Å²) in [6, 6.07) is 7.62. The molecule has 7 nitrogen and oxygen atoms in total. The fourth-order valence-electron chi connectivity index (χ4n) is 3.19. The number of hydrogen-bond acceptors (Lipinski definition) is 4. The Morgan fingerprint density at radius 3 is 2.92 bits per heavy atom. The van der Waals surface area contributed by atoms with E-state index in [2.05, 4.69) is 20.5 Å². The molecule has 0 saturated heterocycles. The van der Waals surface area contributed by atoms with Gasteiger partial charge < -0.3 is 5.32 Å². The minimum absolute atomic E-state index is 0.0518. The third kappa shape index (κ3) is 2.80. The van der Waals surface area contributed by atoms with Gasteiger partial charge >= 0.3 is 0 Å². The van der Waals surface area contributed by atoms with E-state index in [0.717, 1.165) is 17.0 Å². The molecule has 1 unspecified atom stereocenters. The maximum atomic E-state index is 12.3. The molecule has 0 spiro atoms. The first-order valence-corrected chi connectivity index (χ1v) is 8.51. The molecule has 1 N–H and O–H groups in total. The molecule has 3 aromatic rings. The number of nitrogens with zero attached hydrogens (tertiary/aromatic N) is 5. The van der Waals surface area contributed by atoms with E-state index in [1.54, 1.807) is 10.9 Å². The molecule has 1 aliphatic heterocycles. The topological polar surface area (TPSA) is 77.6 Å². The highest BCUT2D eigenvalue weighted by atomic mass is 35.5. The average Bonchev–Trinajstić information content (AvgIpc) is 3.23. The first-order valence-electron chi connectivity index (χ1n) is 8.14. The lowest BCUT2D eigenvalue weighted by molar-refractivity contribution is -0.116. The number of hydrogen-bond donors (Lipinski definition) is 1. The number of anilines is 1. The fourth-order valence-corrected chi connectivity index (χ4v) is 3.39. The molecule has 1 aromatic carbocycles. The molecule has 0 fully saturated rings. The molecule has 0 aliphatic carbocycles. The van der Waals surface area contributed by atoms with Crippen LogP contribution in [0, 0.1) is 0 Å². The smallest absolute Gasteiger partial charge is 0.226 e. The minimum atomic E-state index is -0.147. The zero-order valence-corrected chi connectivity index (χ0v) is 14.4. The number of benzene rings is 1. The number of rotatable bonds is 4. The van der Waals surface area contributed by atoms with Crippen molar-refractivity contribution >= 4 is 23.3 Å². The molecule has 1 aliphatic rings. The molecule has 0 radical (unpaired) electrons. The summed E-state index contributed by atoms with van der Waals surface area (Å²) in [5, 5.41) is 12.3. The highest BCUT2D eigenvalue weighted by Gasteiger charge is 2.32. The lowest BCUT2D eigenvalue weighted by Crippen LogP contribution is -2.26. The van der Waals surface area contributed by atoms with Crippen molar-refractivity contribution in [3.8, 4) is 0 Å². The molecule has 1 amide bonds. The number of nitrogens with one attached hydrogen (secondary N) is 1. The maximum absolute atomic E-state index is 12.3. The van der Waals surface area contributed by atoms with Gasteiger partial charge in [0, 0.05) is 23.6 Å². The fraction of sp³-hybridized carbons (Fsp3) is 0.294. The zero-order valence-electron chi connectivity index (χ0n) is 13.7. The highest BCUT2D eigenvalue weighted by molar-refractivity contribution is 6.31. The van der Waals surface area contributed by atoms with Crippen LogP contribution in [0.1, 0.15) is 36.2 Å². The first-order chi connectivity index (χ1) is 12.2. The van der Waals surface area contributed by atoms with E-state index >= 15 is 0 Å². The summed E-state index contributed by atoms with van der Waals surface area (Å²) in [6.07, 6.45) is 3.66. The summed E-state index contributed by atoms with van der Waals surface area (Å²) in [5.74, 6) is 1.29. The van der Waals surface area contributed by atoms with Gasteiger partial charge in [0.15, 0.2) is 0 Å². The molecule has 4 rings (SSSR count). The van der Waals surface area contributed by atoms with Gasteiger partial charge in [0.05, 0.1) is 18.7 Å². The van der Waals surface area contributed by atoms with Gasteiger partial charge in [-0.05, 0) is 18.6 Å². The molecule has 0 bridgehead atoms. The average molecular weight is 357 g/mol. The van der Waals surface area contributed by atoms with Crippen LogP contribution in [0.15, 0.2) is 36.8 Å². The minimum Gasteiger partial charge on any atom is -0.311 e. The Morgan fingerprint density at radius 1 is 1.28 bits per heavy atom. The maximum Gasteiger partial charge on any atom is 0.226 e. The van der Waals surface area contributed by atoms with Crippen LogP contribution in [0.5, 0.6) is 0 Å². The van der Waals surface area contributed by atoms with E-state index in [0.29, 0.717) is 30.4 Å². The van der Waals surface area contributed by atoms with Gasteiger partial charge in [-0.3, -0.25) is 4.79 Å². The number of carbonyl (C=O) groups is 1. The van der Waals surface area contributed by atoms with Crippen LogP contribution in [-0.4, -0.2) is 30.5 Å². The Morgan fingerprint density at radius 2 is 2.12 bits per heavy atom. The summed E-state index contributed by atoms with van der Waals surface area (Å²) in [7, 11) is 0. The monoisotopic (exact) mass is 356 g/mol. The predicted octanol–water partition coefficient (Wildman–Crippen LogP) is 2.67. The lowest BCUT2D eigenvalue weighted by atomic mass is 9.93. The van der Waals surface area contributed by atoms with Crippen LogP contribution in [0.3, 0.4) is 0 Å². The summed E-state index contributed by atoms with van der Waals surface area (Å²) in [4.78, 5) is 16.6. The summed E-state index contributed by atoms with van der Waals surface area (Å²) in [5.41, 5.74) is 1.90. The van der Waals surface area contributed by atoms with Crippen molar-refractivity contribution in [3.63, 3.8) is 0 Å². The number of aryl methyl sites for hydroxylation is 1. The molecule has 3 heterocycles. The number of aromatic nitrogens is 5. The van der Waals surface area contributed by atoms with E-state index < -0.39 is 0 Å². The lowest BCUT2D eigenvalue weighted by Gasteiger charge is -2.23. The van der Waals surface area contributed by atoms with Gasteiger partial charge in [-0.15, -0.1) is 0 Å². The second-order valence-electron chi connectivity index (χ2n) is 5.94. The quantitative estimate of drug-likeness (QED) is 0.779. The van der Waals surface area contributed by atoms with Crippen LogP contribution in [-0.2, 0) is 17.9 Å². The third-order valence-electron chi connectivity index (χ3n) is 4.43. The molecule has 0 saturated carbocycles. The van der Waals surface area contributed by atoms with E-state index in [4.69, 9.17) is 11.6 Å². The Balaban J connectivity index is 1.73. The van der Waals surface area contributed by atoms with Crippen molar-refractivity contribution in [3.05, 3.63) is 58.8 Å². The Hall–Kier alpha value is -2.67. The predicted molar refractivity (Wildman–Crippen MR) is 93.6 cm³/mol. The molecule has 1 atom stereocenters. The van der Waals surface area contributed by atoms with Gasteiger partial charge in [-0.25, -0.2) is 14.3 Å². The first kappa shape index (κ1) is 15.8. The third-order valence-corrected chi connectivity index (χ3v) is 4.79. The second-order valence-corrected chi connectivity index (χ2v) is 6.34. The van der Waals surface area contributed by atoms with Crippen LogP contribution in [0.4, 0.5) is 5.82 Å². The zero-order chi connectivity index (χ0) is 17.4. The van der Waals surface area contributed by atoms with E-state index in [1.165, 1.54) is 6.33 Å². The molecule has 2 aromatic heterocycles. The van der Waals surface area contributed by atoms with Crippen molar-refractivity contribution in [1.82, 2.24) is 24.5 Å². The van der Waals surface area contributed by atoms with Gasteiger partial charge in [-0.2, -0.15) is 10.2 Å². The Kier molecular flexibility index (Phi) is 4.01. The Bertz CT molecular complexity index is 931. The van der Waals surface area contributed by atoms with E-state index in [-0.39, 0.29) is 11.8 Å². The number of halogens is 1. The number of fused-ring (bicyclic) bond motifs is 1.